The van der Waals surface area contributed by atoms with Gasteiger partial charge in [-0.1, -0.05) is 43.3 Å². The van der Waals surface area contributed by atoms with Gasteiger partial charge in [0.15, 0.2) is 0 Å². The predicted molar refractivity (Wildman–Crippen MR) is 102 cm³/mol. The number of hydrogen-bond donors (Lipinski definition) is 0. The van der Waals surface area contributed by atoms with Crippen molar-refractivity contribution in [1.82, 2.24) is 9.47 Å². The number of hydrogen-bond acceptors (Lipinski definition) is 3. The average Bonchev–Trinajstić information content (AvgIpc) is 3.09. The highest BCUT2D eigenvalue weighted by atomic mass is 16.2. The fourth-order valence-corrected chi connectivity index (χ4v) is 4.09. The van der Waals surface area contributed by atoms with Gasteiger partial charge in [-0.15, -0.1) is 0 Å². The minimum atomic E-state index is -0.181. The van der Waals surface area contributed by atoms with Crippen molar-refractivity contribution in [1.29, 1.82) is 0 Å². The van der Waals surface area contributed by atoms with E-state index in [0.717, 1.165) is 36.7 Å². The molecule has 0 aliphatic carbocycles. The summed E-state index contributed by atoms with van der Waals surface area (Å²) >= 11 is 0. The Balaban J connectivity index is 2.04. The van der Waals surface area contributed by atoms with Crippen LogP contribution in [0.2, 0.25) is 0 Å². The van der Waals surface area contributed by atoms with Crippen molar-refractivity contribution >= 4 is 21.5 Å². The number of likely N-dealkylation sites (tertiary alicyclic amines) is 1. The molecule has 1 fully saturated rings. The molecule has 1 aromatic heterocycles. The van der Waals surface area contributed by atoms with E-state index in [-0.39, 0.29) is 17.2 Å². The van der Waals surface area contributed by atoms with E-state index < -0.39 is 0 Å². The Labute approximate surface area is 146 Å². The van der Waals surface area contributed by atoms with Crippen molar-refractivity contribution in [2.45, 2.75) is 32.4 Å². The molecule has 0 spiro atoms. The molecular formula is C21H22N2O2. The van der Waals surface area contributed by atoms with E-state index in [1.54, 1.807) is 0 Å². The van der Waals surface area contributed by atoms with Gasteiger partial charge in [-0.2, -0.15) is 0 Å². The third-order valence-electron chi connectivity index (χ3n) is 5.39. The van der Waals surface area contributed by atoms with Gasteiger partial charge in [0.2, 0.25) is 0 Å². The van der Waals surface area contributed by atoms with Crippen molar-refractivity contribution in [3.05, 3.63) is 69.2 Å². The lowest BCUT2D eigenvalue weighted by atomic mass is 10.1. The maximum atomic E-state index is 13.2. The molecule has 1 unspecified atom stereocenters. The smallest absolute Gasteiger partial charge is 0.261 e. The Morgan fingerprint density at radius 2 is 1.40 bits per heavy atom. The van der Waals surface area contributed by atoms with Crippen molar-refractivity contribution in [2.75, 3.05) is 13.1 Å². The molecule has 1 saturated heterocycles. The molecule has 4 heteroatoms. The van der Waals surface area contributed by atoms with Crippen molar-refractivity contribution < 1.29 is 0 Å². The molecule has 0 bridgehead atoms. The number of aromatic nitrogens is 1. The normalized spacial score (nSPS) is 18.2. The maximum absolute atomic E-state index is 13.2. The van der Waals surface area contributed by atoms with Gasteiger partial charge in [-0.25, -0.2) is 0 Å². The van der Waals surface area contributed by atoms with Crippen LogP contribution in [0.3, 0.4) is 0 Å². The fraction of sp³-hybridized carbons (Fsp3) is 0.333. The second-order valence-corrected chi connectivity index (χ2v) is 6.74. The van der Waals surface area contributed by atoms with Gasteiger partial charge in [0.05, 0.1) is 0 Å². The van der Waals surface area contributed by atoms with Crippen LogP contribution < -0.4 is 11.1 Å². The Bertz CT molecular complexity index is 982. The molecule has 0 radical (unpaired) electrons. The van der Waals surface area contributed by atoms with E-state index in [1.165, 1.54) is 4.57 Å². The topological polar surface area (TPSA) is 42.3 Å². The third-order valence-corrected chi connectivity index (χ3v) is 5.39. The summed E-state index contributed by atoms with van der Waals surface area (Å²) in [5, 5.41) is 2.92. The van der Waals surface area contributed by atoms with Crippen LogP contribution in [0.15, 0.2) is 58.1 Å². The largest absolute Gasteiger partial charge is 0.299 e. The first kappa shape index (κ1) is 16.0. The molecular weight excluding hydrogens is 312 g/mol. The highest BCUT2D eigenvalue weighted by Gasteiger charge is 2.24. The van der Waals surface area contributed by atoms with Gasteiger partial charge < -0.3 is 0 Å². The zero-order valence-electron chi connectivity index (χ0n) is 14.4. The summed E-state index contributed by atoms with van der Waals surface area (Å²) in [7, 11) is 0. The lowest BCUT2D eigenvalue weighted by Gasteiger charge is -2.22. The Morgan fingerprint density at radius 1 is 0.880 bits per heavy atom. The zero-order chi connectivity index (χ0) is 17.4. The molecule has 0 N–H and O–H groups in total. The second-order valence-electron chi connectivity index (χ2n) is 6.74. The summed E-state index contributed by atoms with van der Waals surface area (Å²) in [6.07, 6.45) is 2.16. The molecule has 4 rings (SSSR count). The third kappa shape index (κ3) is 2.67. The monoisotopic (exact) mass is 334 g/mol. The molecule has 128 valence electrons. The van der Waals surface area contributed by atoms with Crippen LogP contribution in [0, 0.1) is 0 Å². The number of rotatable bonds is 3. The minimum absolute atomic E-state index is 0.181. The molecule has 1 atom stereocenters. The van der Waals surface area contributed by atoms with Gasteiger partial charge in [-0.3, -0.25) is 19.1 Å². The van der Waals surface area contributed by atoms with Crippen LogP contribution in [0.25, 0.3) is 21.5 Å². The summed E-state index contributed by atoms with van der Waals surface area (Å²) in [5.74, 6) is 0. The molecule has 1 aliphatic rings. The quantitative estimate of drug-likeness (QED) is 0.739. The fourth-order valence-electron chi connectivity index (χ4n) is 4.09. The first-order valence-corrected chi connectivity index (χ1v) is 8.99. The number of nitrogens with zero attached hydrogens (tertiary/aromatic N) is 2. The Morgan fingerprint density at radius 3 is 1.92 bits per heavy atom. The summed E-state index contributed by atoms with van der Waals surface area (Å²) in [4.78, 5) is 28.7. The van der Waals surface area contributed by atoms with E-state index in [0.29, 0.717) is 17.3 Å². The minimum Gasteiger partial charge on any atom is -0.299 e. The highest BCUT2D eigenvalue weighted by molar-refractivity contribution is 6.05. The van der Waals surface area contributed by atoms with Crippen molar-refractivity contribution in [3.8, 4) is 0 Å². The van der Waals surface area contributed by atoms with Crippen LogP contribution in [0.4, 0.5) is 0 Å². The predicted octanol–water partition coefficient (Wildman–Crippen LogP) is 3.00. The lowest BCUT2D eigenvalue weighted by Crippen LogP contribution is -2.40. The SMILES string of the molecule is CCN1CCCC1Cn1c(=O)c2ccccc2c2ccccc2c1=O. The van der Waals surface area contributed by atoms with Gasteiger partial charge >= 0.3 is 0 Å². The first-order valence-electron chi connectivity index (χ1n) is 8.99. The first-order chi connectivity index (χ1) is 12.2. The molecule has 0 amide bonds. The van der Waals surface area contributed by atoms with E-state index in [9.17, 15) is 9.59 Å². The molecule has 2 heterocycles. The average molecular weight is 334 g/mol. The summed E-state index contributed by atoms with van der Waals surface area (Å²) in [6, 6.07) is 15.3. The number of likely N-dealkylation sites (N-methyl/N-ethyl adjacent to an activating group) is 1. The molecule has 3 aromatic rings. The Hall–Kier alpha value is -2.46. The van der Waals surface area contributed by atoms with E-state index >= 15 is 0 Å². The molecule has 2 aromatic carbocycles. The lowest BCUT2D eigenvalue weighted by molar-refractivity contribution is 0.242. The Kier molecular flexibility index (Phi) is 4.14. The van der Waals surface area contributed by atoms with Crippen LogP contribution in [-0.4, -0.2) is 28.6 Å². The molecule has 1 aliphatic heterocycles. The van der Waals surface area contributed by atoms with E-state index in [4.69, 9.17) is 0 Å². The van der Waals surface area contributed by atoms with Crippen molar-refractivity contribution in [3.63, 3.8) is 0 Å². The summed E-state index contributed by atoms with van der Waals surface area (Å²) in [6.45, 7) is 4.60. The maximum Gasteiger partial charge on any atom is 0.261 e. The van der Waals surface area contributed by atoms with Crippen molar-refractivity contribution in [2.24, 2.45) is 0 Å². The second kappa shape index (κ2) is 6.45. The number of benzene rings is 2. The van der Waals surface area contributed by atoms with Gasteiger partial charge in [0.1, 0.15) is 0 Å². The molecule has 0 saturated carbocycles. The van der Waals surface area contributed by atoms with Gasteiger partial charge in [-0.05, 0) is 48.8 Å². The van der Waals surface area contributed by atoms with Crippen LogP contribution >= 0.6 is 0 Å². The van der Waals surface area contributed by atoms with Gasteiger partial charge in [0, 0.05) is 23.4 Å². The van der Waals surface area contributed by atoms with E-state index in [2.05, 4.69) is 11.8 Å². The van der Waals surface area contributed by atoms with Crippen LogP contribution in [0.1, 0.15) is 19.8 Å². The van der Waals surface area contributed by atoms with Crippen LogP contribution in [-0.2, 0) is 6.54 Å². The zero-order valence-corrected chi connectivity index (χ0v) is 14.4. The molecule has 25 heavy (non-hydrogen) atoms. The van der Waals surface area contributed by atoms with E-state index in [1.807, 2.05) is 48.5 Å². The summed E-state index contributed by atoms with van der Waals surface area (Å²) in [5.41, 5.74) is -0.362. The van der Waals surface area contributed by atoms with Gasteiger partial charge in [0.25, 0.3) is 11.1 Å². The molecule has 4 nitrogen and oxygen atoms in total. The highest BCUT2D eigenvalue weighted by Crippen LogP contribution is 2.21. The summed E-state index contributed by atoms with van der Waals surface area (Å²) < 4.78 is 1.46. The standard InChI is InChI=1S/C21H22N2O2/c1-2-22-13-7-8-15(22)14-23-20(24)18-11-5-3-9-16(18)17-10-4-6-12-19(17)21(23)25/h3-6,9-12,15H,2,7-8,13-14H2,1H3. The number of fused-ring (bicyclic) bond motifs is 3. The van der Waals surface area contributed by atoms with Crippen LogP contribution in [0.5, 0.6) is 0 Å².